The molecule has 0 saturated heterocycles. The molecule has 182 valence electrons. The molecule has 0 aliphatic carbocycles. The summed E-state index contributed by atoms with van der Waals surface area (Å²) in [5.41, 5.74) is 2.67. The highest BCUT2D eigenvalue weighted by Gasteiger charge is 2.34. The highest BCUT2D eigenvalue weighted by atomic mass is 16.5. The molecule has 4 rings (SSSR count). The van der Waals surface area contributed by atoms with Gasteiger partial charge in [0.25, 0.3) is 0 Å². The van der Waals surface area contributed by atoms with Crippen molar-refractivity contribution in [2.45, 2.75) is 38.7 Å². The zero-order chi connectivity index (χ0) is 25.0. The van der Waals surface area contributed by atoms with E-state index in [0.29, 0.717) is 23.6 Å². The van der Waals surface area contributed by atoms with Gasteiger partial charge in [0.05, 0.1) is 30.3 Å². The van der Waals surface area contributed by atoms with E-state index in [9.17, 15) is 14.7 Å². The summed E-state index contributed by atoms with van der Waals surface area (Å²) in [6, 6.07) is 22.3. The minimum absolute atomic E-state index is 0.0428. The van der Waals surface area contributed by atoms with Gasteiger partial charge in [-0.2, -0.15) is 0 Å². The van der Waals surface area contributed by atoms with Crippen LogP contribution in [0.15, 0.2) is 72.8 Å². The largest absolute Gasteiger partial charge is 0.493 e. The minimum Gasteiger partial charge on any atom is -0.493 e. The van der Waals surface area contributed by atoms with Gasteiger partial charge in [-0.1, -0.05) is 48.5 Å². The molecule has 1 aliphatic rings. The van der Waals surface area contributed by atoms with Crippen molar-refractivity contribution < 1.29 is 24.2 Å². The summed E-state index contributed by atoms with van der Waals surface area (Å²) in [5, 5.41) is 13.9. The lowest BCUT2D eigenvalue weighted by Crippen LogP contribution is -2.35. The highest BCUT2D eigenvalue weighted by Crippen LogP contribution is 2.39. The second-order valence-corrected chi connectivity index (χ2v) is 9.34. The summed E-state index contributed by atoms with van der Waals surface area (Å²) in [5.74, 6) is -0.0983. The first-order valence-corrected chi connectivity index (χ1v) is 11.9. The first kappa shape index (κ1) is 24.5. The van der Waals surface area contributed by atoms with E-state index in [1.165, 1.54) is 0 Å². The highest BCUT2D eigenvalue weighted by molar-refractivity contribution is 5.99. The van der Waals surface area contributed by atoms with Crippen LogP contribution in [0.1, 0.15) is 53.9 Å². The standard InChI is InChI=1S/C29H31NO5/c1-4-34-27(32)20-11-8-12-23(16-20)30-28(33)29(2,3)22-13-14-24-25(17-22)35-18-21(26(24)31)15-19-9-6-5-7-10-19/h5-14,16-17,21,26,31H,4,15,18H2,1-3H3,(H,30,33). The number of esters is 1. The Balaban J connectivity index is 1.49. The Hall–Kier alpha value is -3.64. The first-order valence-electron chi connectivity index (χ1n) is 11.9. The molecule has 0 bridgehead atoms. The number of aliphatic hydroxyl groups excluding tert-OH is 1. The first-order chi connectivity index (χ1) is 16.8. The monoisotopic (exact) mass is 473 g/mol. The third kappa shape index (κ3) is 5.38. The summed E-state index contributed by atoms with van der Waals surface area (Å²) in [6.07, 6.45) is 0.0812. The molecule has 2 atom stereocenters. The van der Waals surface area contributed by atoms with Crippen molar-refractivity contribution in [2.75, 3.05) is 18.5 Å². The Morgan fingerprint density at radius 1 is 1.06 bits per heavy atom. The molecule has 6 nitrogen and oxygen atoms in total. The van der Waals surface area contributed by atoms with Crippen LogP contribution in [0.25, 0.3) is 0 Å². The second-order valence-electron chi connectivity index (χ2n) is 9.34. The normalized spacial score (nSPS) is 17.1. The maximum atomic E-state index is 13.2. The van der Waals surface area contributed by atoms with Crippen LogP contribution in [0.5, 0.6) is 5.75 Å². The van der Waals surface area contributed by atoms with Crippen molar-refractivity contribution in [1.82, 2.24) is 0 Å². The topological polar surface area (TPSA) is 84.9 Å². The van der Waals surface area contributed by atoms with Crippen molar-refractivity contribution in [1.29, 1.82) is 0 Å². The van der Waals surface area contributed by atoms with Gasteiger partial charge in [0.1, 0.15) is 5.75 Å². The number of benzene rings is 3. The molecule has 1 heterocycles. The van der Waals surface area contributed by atoms with Crippen LogP contribution in [0, 0.1) is 5.92 Å². The number of amides is 1. The number of carbonyl (C=O) groups excluding carboxylic acids is 2. The lowest BCUT2D eigenvalue weighted by molar-refractivity contribution is -0.120. The van der Waals surface area contributed by atoms with E-state index < -0.39 is 17.5 Å². The maximum Gasteiger partial charge on any atom is 0.338 e. The van der Waals surface area contributed by atoms with Crippen LogP contribution in [-0.2, 0) is 21.4 Å². The molecule has 2 N–H and O–H groups in total. The molecule has 3 aromatic carbocycles. The van der Waals surface area contributed by atoms with Crippen molar-refractivity contribution in [3.05, 3.63) is 95.1 Å². The summed E-state index contributed by atoms with van der Waals surface area (Å²) in [7, 11) is 0. The Morgan fingerprint density at radius 2 is 1.83 bits per heavy atom. The van der Waals surface area contributed by atoms with Gasteiger partial charge >= 0.3 is 5.97 Å². The third-order valence-corrected chi connectivity index (χ3v) is 6.49. The molecular weight excluding hydrogens is 442 g/mol. The van der Waals surface area contributed by atoms with E-state index in [1.807, 2.05) is 50.2 Å². The van der Waals surface area contributed by atoms with E-state index in [1.54, 1.807) is 31.2 Å². The van der Waals surface area contributed by atoms with Crippen molar-refractivity contribution in [2.24, 2.45) is 5.92 Å². The molecule has 0 spiro atoms. The van der Waals surface area contributed by atoms with Crippen LogP contribution < -0.4 is 10.1 Å². The maximum absolute atomic E-state index is 13.2. The fourth-order valence-electron chi connectivity index (χ4n) is 4.28. The van der Waals surface area contributed by atoms with Gasteiger partial charge in [-0.25, -0.2) is 4.79 Å². The Morgan fingerprint density at radius 3 is 2.57 bits per heavy atom. The van der Waals surface area contributed by atoms with Gasteiger partial charge < -0.3 is 19.9 Å². The van der Waals surface area contributed by atoms with E-state index in [4.69, 9.17) is 9.47 Å². The molecule has 0 saturated carbocycles. The molecule has 3 aromatic rings. The zero-order valence-corrected chi connectivity index (χ0v) is 20.3. The molecule has 0 fully saturated rings. The molecule has 0 radical (unpaired) electrons. The van der Waals surface area contributed by atoms with Crippen molar-refractivity contribution in [3.63, 3.8) is 0 Å². The lowest BCUT2D eigenvalue weighted by Gasteiger charge is -2.32. The van der Waals surface area contributed by atoms with Crippen LogP contribution in [0.4, 0.5) is 5.69 Å². The van der Waals surface area contributed by atoms with Crippen LogP contribution in [-0.4, -0.2) is 30.2 Å². The predicted octanol–water partition coefficient (Wildman–Crippen LogP) is 5.06. The van der Waals surface area contributed by atoms with Gasteiger partial charge in [0.2, 0.25) is 5.91 Å². The van der Waals surface area contributed by atoms with Crippen LogP contribution in [0.2, 0.25) is 0 Å². The van der Waals surface area contributed by atoms with Gasteiger partial charge in [-0.05, 0) is 62.6 Å². The number of hydrogen-bond acceptors (Lipinski definition) is 5. The van der Waals surface area contributed by atoms with E-state index in [0.717, 1.165) is 23.1 Å². The predicted molar refractivity (Wildman–Crippen MR) is 135 cm³/mol. The smallest absolute Gasteiger partial charge is 0.338 e. The molecule has 35 heavy (non-hydrogen) atoms. The van der Waals surface area contributed by atoms with E-state index in [-0.39, 0.29) is 18.4 Å². The average Bonchev–Trinajstić information content (AvgIpc) is 2.86. The fraction of sp³-hybridized carbons (Fsp3) is 0.310. The van der Waals surface area contributed by atoms with Gasteiger partial charge in [0.15, 0.2) is 0 Å². The molecule has 2 unspecified atom stereocenters. The Kier molecular flexibility index (Phi) is 7.22. The second kappa shape index (κ2) is 10.3. The molecule has 1 aliphatic heterocycles. The number of anilines is 1. The number of nitrogens with one attached hydrogen (secondary N) is 1. The van der Waals surface area contributed by atoms with E-state index in [2.05, 4.69) is 17.4 Å². The minimum atomic E-state index is -0.885. The summed E-state index contributed by atoms with van der Waals surface area (Å²) < 4.78 is 11.1. The number of hydrogen-bond donors (Lipinski definition) is 2. The number of carbonyl (C=O) groups is 2. The van der Waals surface area contributed by atoms with Crippen LogP contribution >= 0.6 is 0 Å². The average molecular weight is 474 g/mol. The van der Waals surface area contributed by atoms with Gasteiger partial charge in [-0.15, -0.1) is 0 Å². The molecular formula is C29H31NO5. The molecule has 1 amide bonds. The molecule has 0 aromatic heterocycles. The van der Waals surface area contributed by atoms with Gasteiger partial charge in [-0.3, -0.25) is 4.79 Å². The van der Waals surface area contributed by atoms with Crippen molar-refractivity contribution in [3.8, 4) is 5.75 Å². The third-order valence-electron chi connectivity index (χ3n) is 6.49. The fourth-order valence-corrected chi connectivity index (χ4v) is 4.28. The quantitative estimate of drug-likeness (QED) is 0.469. The summed E-state index contributed by atoms with van der Waals surface area (Å²) >= 11 is 0. The number of fused-ring (bicyclic) bond motifs is 1. The summed E-state index contributed by atoms with van der Waals surface area (Å²) in [6.45, 7) is 6.09. The van der Waals surface area contributed by atoms with Crippen molar-refractivity contribution >= 4 is 17.6 Å². The Bertz CT molecular complexity index is 1200. The van der Waals surface area contributed by atoms with Crippen LogP contribution in [0.3, 0.4) is 0 Å². The lowest BCUT2D eigenvalue weighted by atomic mass is 9.81. The molecule has 6 heteroatoms. The summed E-state index contributed by atoms with van der Waals surface area (Å²) in [4.78, 5) is 25.2. The number of aliphatic hydroxyl groups is 1. The van der Waals surface area contributed by atoms with Gasteiger partial charge in [0, 0.05) is 17.2 Å². The number of rotatable bonds is 7. The number of ether oxygens (including phenoxy) is 2. The van der Waals surface area contributed by atoms with E-state index >= 15 is 0 Å². The zero-order valence-electron chi connectivity index (χ0n) is 20.3. The SMILES string of the molecule is CCOC(=O)c1cccc(NC(=O)C(C)(C)c2ccc3c(c2)OCC(Cc2ccccc2)C3O)c1. The Labute approximate surface area is 205 Å².